The van der Waals surface area contributed by atoms with Crippen LogP contribution in [0, 0.1) is 6.92 Å². The number of aromatic nitrogens is 2. The second-order valence-corrected chi connectivity index (χ2v) is 4.46. The maximum absolute atomic E-state index is 10.2. The molecule has 0 aromatic carbocycles. The maximum atomic E-state index is 10.2. The van der Waals surface area contributed by atoms with Crippen molar-refractivity contribution in [3.05, 3.63) is 35.7 Å². The topological polar surface area (TPSA) is 37.5 Å². The Labute approximate surface area is 88.4 Å². The van der Waals surface area contributed by atoms with Gasteiger partial charge in [-0.3, -0.25) is 0 Å². The van der Waals surface area contributed by atoms with Crippen LogP contribution in [0.2, 0.25) is 0 Å². The minimum atomic E-state index is -0.589. The minimum absolute atomic E-state index is 0.589. The summed E-state index contributed by atoms with van der Waals surface area (Å²) in [5.41, 5.74) is 2.68. The van der Waals surface area contributed by atoms with Crippen LogP contribution in [-0.4, -0.2) is 14.7 Å². The number of hydrogen-bond acceptors (Lipinski definition) is 2. The third kappa shape index (κ3) is 1.20. The van der Waals surface area contributed by atoms with Crippen molar-refractivity contribution in [1.29, 1.82) is 0 Å². The van der Waals surface area contributed by atoms with E-state index in [-0.39, 0.29) is 0 Å². The van der Waals surface area contributed by atoms with Gasteiger partial charge in [-0.05, 0) is 37.8 Å². The monoisotopic (exact) mass is 202 g/mol. The van der Waals surface area contributed by atoms with Crippen LogP contribution in [0.1, 0.15) is 30.4 Å². The van der Waals surface area contributed by atoms with Crippen LogP contribution in [0.25, 0.3) is 5.52 Å². The van der Waals surface area contributed by atoms with Crippen LogP contribution in [0.15, 0.2) is 24.5 Å². The Hall–Kier alpha value is -1.35. The molecule has 1 fully saturated rings. The van der Waals surface area contributed by atoms with Crippen LogP contribution in [0.5, 0.6) is 0 Å². The van der Waals surface area contributed by atoms with Gasteiger partial charge in [-0.2, -0.15) is 5.10 Å². The van der Waals surface area contributed by atoms with Gasteiger partial charge in [-0.25, -0.2) is 4.52 Å². The number of pyridine rings is 1. The lowest BCUT2D eigenvalue weighted by molar-refractivity contribution is -0.0391. The first-order chi connectivity index (χ1) is 7.19. The quantitative estimate of drug-likeness (QED) is 0.768. The van der Waals surface area contributed by atoms with Crippen molar-refractivity contribution in [2.75, 3.05) is 0 Å². The van der Waals surface area contributed by atoms with Gasteiger partial charge in [0.1, 0.15) is 0 Å². The first-order valence-corrected chi connectivity index (χ1v) is 5.36. The van der Waals surface area contributed by atoms with E-state index >= 15 is 0 Å². The average molecular weight is 202 g/mol. The molecule has 1 aliphatic carbocycles. The Morgan fingerprint density at radius 1 is 1.40 bits per heavy atom. The molecule has 0 atom stereocenters. The van der Waals surface area contributed by atoms with Gasteiger partial charge in [0, 0.05) is 11.8 Å². The molecule has 0 spiro atoms. The SMILES string of the molecule is Cc1cnn2cc(C3(O)CCC3)ccc12. The molecule has 2 heterocycles. The molecule has 0 radical (unpaired) electrons. The molecule has 0 saturated heterocycles. The lowest BCUT2D eigenvalue weighted by atomic mass is 9.76. The standard InChI is InChI=1S/C12H14N2O/c1-9-7-13-14-8-10(3-4-11(9)14)12(15)5-2-6-12/h3-4,7-8,15H,2,5-6H2,1H3. The van der Waals surface area contributed by atoms with Gasteiger partial charge in [0.2, 0.25) is 0 Å². The molecule has 78 valence electrons. The maximum Gasteiger partial charge on any atom is 0.0911 e. The van der Waals surface area contributed by atoms with Crippen molar-refractivity contribution >= 4 is 5.52 Å². The molecule has 2 aromatic heterocycles. The molecule has 1 aliphatic rings. The summed E-state index contributed by atoms with van der Waals surface area (Å²) in [7, 11) is 0. The second kappa shape index (κ2) is 2.83. The van der Waals surface area contributed by atoms with Crippen LogP contribution in [-0.2, 0) is 5.60 Å². The van der Waals surface area contributed by atoms with E-state index in [2.05, 4.69) is 5.10 Å². The Bertz CT molecular complexity index is 511. The lowest BCUT2D eigenvalue weighted by Crippen LogP contribution is -2.33. The predicted molar refractivity (Wildman–Crippen MR) is 57.7 cm³/mol. The van der Waals surface area contributed by atoms with Crippen molar-refractivity contribution in [2.24, 2.45) is 0 Å². The summed E-state index contributed by atoms with van der Waals surface area (Å²) < 4.78 is 1.85. The van der Waals surface area contributed by atoms with Crippen molar-refractivity contribution < 1.29 is 5.11 Å². The zero-order valence-electron chi connectivity index (χ0n) is 8.77. The molecule has 0 bridgehead atoms. The molecular weight excluding hydrogens is 188 g/mol. The zero-order valence-corrected chi connectivity index (χ0v) is 8.77. The summed E-state index contributed by atoms with van der Waals surface area (Å²) in [6.45, 7) is 2.04. The largest absolute Gasteiger partial charge is 0.385 e. The number of aliphatic hydroxyl groups is 1. The van der Waals surface area contributed by atoms with Gasteiger partial charge < -0.3 is 5.11 Å². The van der Waals surface area contributed by atoms with E-state index in [1.807, 2.05) is 36.0 Å². The molecule has 15 heavy (non-hydrogen) atoms. The van der Waals surface area contributed by atoms with Crippen LogP contribution < -0.4 is 0 Å². The van der Waals surface area contributed by atoms with Crippen molar-refractivity contribution in [3.8, 4) is 0 Å². The second-order valence-electron chi connectivity index (χ2n) is 4.46. The fraction of sp³-hybridized carbons (Fsp3) is 0.417. The Kier molecular flexibility index (Phi) is 1.68. The number of rotatable bonds is 1. The minimum Gasteiger partial charge on any atom is -0.385 e. The molecule has 1 N–H and O–H groups in total. The predicted octanol–water partition coefficient (Wildman–Crippen LogP) is 2.01. The first kappa shape index (κ1) is 8.92. The summed E-state index contributed by atoms with van der Waals surface area (Å²) in [5, 5.41) is 14.5. The van der Waals surface area contributed by atoms with E-state index in [9.17, 15) is 5.11 Å². The summed E-state index contributed by atoms with van der Waals surface area (Å²) in [6.07, 6.45) is 6.66. The van der Waals surface area contributed by atoms with Crippen molar-refractivity contribution in [3.63, 3.8) is 0 Å². The van der Waals surface area contributed by atoms with E-state index in [1.54, 1.807) is 0 Å². The van der Waals surface area contributed by atoms with Gasteiger partial charge in [-0.15, -0.1) is 0 Å². The van der Waals surface area contributed by atoms with E-state index in [1.165, 1.54) is 5.56 Å². The number of nitrogens with zero attached hydrogens (tertiary/aromatic N) is 2. The Morgan fingerprint density at radius 2 is 2.20 bits per heavy atom. The molecule has 3 rings (SSSR count). The van der Waals surface area contributed by atoms with Crippen molar-refractivity contribution in [2.45, 2.75) is 31.8 Å². The van der Waals surface area contributed by atoms with Crippen LogP contribution in [0.3, 0.4) is 0 Å². The lowest BCUT2D eigenvalue weighted by Gasteiger charge is -2.36. The highest BCUT2D eigenvalue weighted by molar-refractivity contribution is 5.53. The highest BCUT2D eigenvalue weighted by Crippen LogP contribution is 2.40. The summed E-state index contributed by atoms with van der Waals surface area (Å²) >= 11 is 0. The molecule has 3 heteroatoms. The highest BCUT2D eigenvalue weighted by atomic mass is 16.3. The fourth-order valence-electron chi connectivity index (χ4n) is 2.19. The Balaban J connectivity index is 2.14. The average Bonchev–Trinajstić information content (AvgIpc) is 2.56. The number of hydrogen-bond donors (Lipinski definition) is 1. The molecule has 0 unspecified atom stereocenters. The van der Waals surface area contributed by atoms with E-state index in [4.69, 9.17) is 0 Å². The van der Waals surface area contributed by atoms with Gasteiger partial charge >= 0.3 is 0 Å². The van der Waals surface area contributed by atoms with Gasteiger partial charge in [0.25, 0.3) is 0 Å². The zero-order chi connectivity index (χ0) is 10.5. The summed E-state index contributed by atoms with van der Waals surface area (Å²) in [6, 6.07) is 4.05. The fourth-order valence-corrected chi connectivity index (χ4v) is 2.19. The van der Waals surface area contributed by atoms with Crippen LogP contribution >= 0.6 is 0 Å². The normalized spacial score (nSPS) is 19.1. The smallest absolute Gasteiger partial charge is 0.0911 e. The highest BCUT2D eigenvalue weighted by Gasteiger charge is 2.36. The summed E-state index contributed by atoms with van der Waals surface area (Å²) in [5.74, 6) is 0. The molecule has 1 saturated carbocycles. The number of fused-ring (bicyclic) bond motifs is 1. The third-order valence-electron chi connectivity index (χ3n) is 3.43. The van der Waals surface area contributed by atoms with Crippen LogP contribution in [0.4, 0.5) is 0 Å². The number of aryl methyl sites for hydroxylation is 1. The van der Waals surface area contributed by atoms with Gasteiger partial charge in [0.15, 0.2) is 0 Å². The van der Waals surface area contributed by atoms with Gasteiger partial charge in [-0.1, -0.05) is 6.07 Å². The molecular formula is C12H14N2O. The van der Waals surface area contributed by atoms with E-state index < -0.39 is 5.60 Å². The summed E-state index contributed by atoms with van der Waals surface area (Å²) in [4.78, 5) is 0. The molecule has 3 nitrogen and oxygen atoms in total. The molecule has 0 aliphatic heterocycles. The molecule has 0 amide bonds. The third-order valence-corrected chi connectivity index (χ3v) is 3.43. The Morgan fingerprint density at radius 3 is 2.87 bits per heavy atom. The molecule has 2 aromatic rings. The van der Waals surface area contributed by atoms with Gasteiger partial charge in [0.05, 0.1) is 17.3 Å². The van der Waals surface area contributed by atoms with E-state index in [0.717, 1.165) is 30.3 Å². The van der Waals surface area contributed by atoms with Crippen molar-refractivity contribution in [1.82, 2.24) is 9.61 Å². The van der Waals surface area contributed by atoms with E-state index in [0.29, 0.717) is 0 Å². The first-order valence-electron chi connectivity index (χ1n) is 5.36.